The second-order valence-electron chi connectivity index (χ2n) is 5.53. The molecule has 1 aromatic rings. The van der Waals surface area contributed by atoms with Crippen LogP contribution in [0.25, 0.3) is 0 Å². The van der Waals surface area contributed by atoms with Crippen molar-refractivity contribution in [2.75, 3.05) is 25.6 Å². The molecule has 0 aromatic heterocycles. The van der Waals surface area contributed by atoms with Crippen LogP contribution < -0.4 is 15.4 Å². The van der Waals surface area contributed by atoms with Crippen molar-refractivity contribution in [1.82, 2.24) is 10.6 Å². The normalized spacial score (nSPS) is 10.9. The summed E-state index contributed by atoms with van der Waals surface area (Å²) in [5.74, 6) is 0.763. The lowest BCUT2D eigenvalue weighted by Gasteiger charge is -2.20. The van der Waals surface area contributed by atoms with Crippen LogP contribution in [0.1, 0.15) is 20.3 Å². The molecule has 6 heteroatoms. The van der Waals surface area contributed by atoms with E-state index in [-0.39, 0.29) is 24.1 Å². The summed E-state index contributed by atoms with van der Waals surface area (Å²) in [4.78, 5) is 23.3. The Bertz CT molecular complexity index is 478. The molecule has 5 nitrogen and oxygen atoms in total. The number of amides is 2. The molecular weight excluding hydrogens is 304 g/mol. The first-order valence-corrected chi connectivity index (χ1v) is 7.78. The highest BCUT2D eigenvalue weighted by Crippen LogP contribution is 2.16. The Morgan fingerprint density at radius 3 is 2.41 bits per heavy atom. The molecule has 0 saturated carbocycles. The van der Waals surface area contributed by atoms with Crippen molar-refractivity contribution in [3.63, 3.8) is 0 Å². The molecule has 0 aliphatic rings. The van der Waals surface area contributed by atoms with Crippen molar-refractivity contribution in [2.24, 2.45) is 5.41 Å². The lowest BCUT2D eigenvalue weighted by molar-refractivity contribution is -0.128. The summed E-state index contributed by atoms with van der Waals surface area (Å²) in [6.07, 6.45) is 0.274. The smallest absolute Gasteiger partial charge is 0.226 e. The average molecular weight is 327 g/mol. The monoisotopic (exact) mass is 326 g/mol. The molecule has 0 aliphatic heterocycles. The Hall–Kier alpha value is -1.75. The van der Waals surface area contributed by atoms with Crippen LogP contribution in [0.3, 0.4) is 0 Å². The molecule has 1 aromatic carbocycles. The number of alkyl halides is 1. The molecule has 2 amide bonds. The van der Waals surface area contributed by atoms with Crippen LogP contribution in [0.2, 0.25) is 0 Å². The van der Waals surface area contributed by atoms with E-state index in [0.29, 0.717) is 19.7 Å². The van der Waals surface area contributed by atoms with E-state index in [2.05, 4.69) is 10.6 Å². The molecule has 22 heavy (non-hydrogen) atoms. The zero-order chi connectivity index (χ0) is 16.4. The summed E-state index contributed by atoms with van der Waals surface area (Å²) in [6.45, 7) is 4.63. The molecule has 0 atom stereocenters. The van der Waals surface area contributed by atoms with Crippen molar-refractivity contribution < 1.29 is 14.3 Å². The summed E-state index contributed by atoms with van der Waals surface area (Å²) in [7, 11) is 0. The van der Waals surface area contributed by atoms with Gasteiger partial charge in [-0.25, -0.2) is 0 Å². The van der Waals surface area contributed by atoms with Gasteiger partial charge >= 0.3 is 0 Å². The minimum Gasteiger partial charge on any atom is -0.493 e. The third-order valence-electron chi connectivity index (χ3n) is 3.02. The highest BCUT2D eigenvalue weighted by molar-refractivity contribution is 6.19. The van der Waals surface area contributed by atoms with Crippen LogP contribution >= 0.6 is 11.6 Å². The summed E-state index contributed by atoms with van der Waals surface area (Å²) in [6, 6.07) is 9.33. The lowest BCUT2D eigenvalue weighted by Crippen LogP contribution is -2.42. The predicted molar refractivity (Wildman–Crippen MR) is 87.1 cm³/mol. The quantitative estimate of drug-likeness (QED) is 0.538. The molecule has 0 radical (unpaired) electrons. The molecule has 0 spiro atoms. The van der Waals surface area contributed by atoms with Crippen molar-refractivity contribution in [1.29, 1.82) is 0 Å². The Morgan fingerprint density at radius 1 is 1.14 bits per heavy atom. The zero-order valence-corrected chi connectivity index (χ0v) is 13.8. The molecule has 2 N–H and O–H groups in total. The number of nitrogens with one attached hydrogen (secondary N) is 2. The van der Waals surface area contributed by atoms with Crippen molar-refractivity contribution in [2.45, 2.75) is 20.3 Å². The third kappa shape index (κ3) is 6.80. The van der Waals surface area contributed by atoms with Gasteiger partial charge in [0.2, 0.25) is 11.8 Å². The number of carbonyl (C=O) groups is 2. The van der Waals surface area contributed by atoms with Gasteiger partial charge in [0, 0.05) is 19.0 Å². The minimum atomic E-state index is -0.602. The number of para-hydroxylation sites is 1. The van der Waals surface area contributed by atoms with E-state index in [1.807, 2.05) is 30.3 Å². The summed E-state index contributed by atoms with van der Waals surface area (Å²) >= 11 is 5.71. The van der Waals surface area contributed by atoms with Gasteiger partial charge in [0.15, 0.2) is 0 Å². The molecule has 0 heterocycles. The minimum absolute atomic E-state index is 0.109. The van der Waals surface area contributed by atoms with Gasteiger partial charge in [0.25, 0.3) is 0 Å². The van der Waals surface area contributed by atoms with E-state index in [1.54, 1.807) is 13.8 Å². The predicted octanol–water partition coefficient (Wildman–Crippen LogP) is 1.95. The fourth-order valence-corrected chi connectivity index (χ4v) is 1.67. The second-order valence-corrected chi connectivity index (χ2v) is 5.80. The SMILES string of the molecule is CC(C)(CCl)C(=O)NCCNC(=O)CCOc1ccccc1. The first-order chi connectivity index (χ1) is 10.5. The van der Waals surface area contributed by atoms with Gasteiger partial charge in [-0.15, -0.1) is 11.6 Å². The van der Waals surface area contributed by atoms with E-state index in [1.165, 1.54) is 0 Å². The number of hydrogen-bond acceptors (Lipinski definition) is 3. The van der Waals surface area contributed by atoms with Gasteiger partial charge in [0.1, 0.15) is 5.75 Å². The number of benzene rings is 1. The van der Waals surface area contributed by atoms with Crippen molar-refractivity contribution in [3.05, 3.63) is 30.3 Å². The maximum absolute atomic E-state index is 11.7. The van der Waals surface area contributed by atoms with Gasteiger partial charge in [0.05, 0.1) is 18.4 Å². The third-order valence-corrected chi connectivity index (χ3v) is 3.69. The highest BCUT2D eigenvalue weighted by atomic mass is 35.5. The Morgan fingerprint density at radius 2 is 1.77 bits per heavy atom. The molecule has 0 aliphatic carbocycles. The zero-order valence-electron chi connectivity index (χ0n) is 13.0. The second kappa shape index (κ2) is 9.30. The summed E-state index contributed by atoms with van der Waals surface area (Å²) in [5.41, 5.74) is -0.602. The van der Waals surface area contributed by atoms with Gasteiger partial charge < -0.3 is 15.4 Å². The highest BCUT2D eigenvalue weighted by Gasteiger charge is 2.25. The molecule has 1 rings (SSSR count). The van der Waals surface area contributed by atoms with Crippen LogP contribution in [0.5, 0.6) is 5.75 Å². The number of rotatable bonds is 9. The van der Waals surface area contributed by atoms with Crippen LogP contribution in [0, 0.1) is 5.41 Å². The number of halogens is 1. The first-order valence-electron chi connectivity index (χ1n) is 7.24. The van der Waals surface area contributed by atoms with Crippen LogP contribution in [0.4, 0.5) is 0 Å². The average Bonchev–Trinajstić information content (AvgIpc) is 2.52. The molecule has 0 saturated heterocycles. The maximum Gasteiger partial charge on any atom is 0.226 e. The fraction of sp³-hybridized carbons (Fsp3) is 0.500. The van der Waals surface area contributed by atoms with Crippen LogP contribution in [0.15, 0.2) is 30.3 Å². The maximum atomic E-state index is 11.7. The Balaban J connectivity index is 2.10. The van der Waals surface area contributed by atoms with E-state index < -0.39 is 5.41 Å². The van der Waals surface area contributed by atoms with Gasteiger partial charge in [-0.3, -0.25) is 9.59 Å². The van der Waals surface area contributed by atoms with E-state index in [9.17, 15) is 9.59 Å². The number of carbonyl (C=O) groups excluding carboxylic acids is 2. The fourth-order valence-electron chi connectivity index (χ4n) is 1.54. The van der Waals surface area contributed by atoms with E-state index >= 15 is 0 Å². The lowest BCUT2D eigenvalue weighted by atomic mass is 9.95. The summed E-state index contributed by atoms with van der Waals surface area (Å²) < 4.78 is 5.44. The molecule has 0 fully saturated rings. The van der Waals surface area contributed by atoms with E-state index in [0.717, 1.165) is 5.75 Å². The Labute approximate surface area is 136 Å². The van der Waals surface area contributed by atoms with Crippen LogP contribution in [-0.4, -0.2) is 37.4 Å². The first kappa shape index (κ1) is 18.3. The standard InChI is InChI=1S/C16H23ClN2O3/c1-16(2,12-17)15(21)19-10-9-18-14(20)8-11-22-13-6-4-3-5-7-13/h3-7H,8-12H2,1-2H3,(H,18,20)(H,19,21). The molecule has 0 unspecified atom stereocenters. The van der Waals surface area contributed by atoms with Gasteiger partial charge in [-0.2, -0.15) is 0 Å². The molecule has 122 valence electrons. The molecular formula is C16H23ClN2O3. The Kier molecular flexibility index (Phi) is 7.74. The van der Waals surface area contributed by atoms with Gasteiger partial charge in [-0.1, -0.05) is 18.2 Å². The van der Waals surface area contributed by atoms with Crippen molar-refractivity contribution >= 4 is 23.4 Å². The van der Waals surface area contributed by atoms with E-state index in [4.69, 9.17) is 16.3 Å². The largest absolute Gasteiger partial charge is 0.493 e. The summed E-state index contributed by atoms with van der Waals surface area (Å²) in [5, 5.41) is 5.47. The van der Waals surface area contributed by atoms with Crippen molar-refractivity contribution in [3.8, 4) is 5.75 Å². The number of ether oxygens (including phenoxy) is 1. The number of hydrogen-bond donors (Lipinski definition) is 2. The topological polar surface area (TPSA) is 67.4 Å². The molecule has 0 bridgehead atoms. The van der Waals surface area contributed by atoms with Gasteiger partial charge in [-0.05, 0) is 26.0 Å². The van der Waals surface area contributed by atoms with Crippen LogP contribution in [-0.2, 0) is 9.59 Å².